The van der Waals surface area contributed by atoms with Gasteiger partial charge in [-0.25, -0.2) is 0 Å². The van der Waals surface area contributed by atoms with Crippen molar-refractivity contribution in [2.75, 3.05) is 0 Å². The van der Waals surface area contributed by atoms with Crippen LogP contribution in [0, 0.1) is 0 Å². The van der Waals surface area contributed by atoms with Crippen LogP contribution in [0.3, 0.4) is 0 Å². The number of furan rings is 2. The van der Waals surface area contributed by atoms with Gasteiger partial charge in [0.1, 0.15) is 22.3 Å². The van der Waals surface area contributed by atoms with Crippen molar-refractivity contribution in [1.29, 1.82) is 0 Å². The number of para-hydroxylation sites is 1. The number of fused-ring (bicyclic) bond motifs is 8. The van der Waals surface area contributed by atoms with Crippen LogP contribution in [0.2, 0.25) is 0 Å². The minimum Gasteiger partial charge on any atom is -0.456 e. The van der Waals surface area contributed by atoms with Crippen LogP contribution in [0.1, 0.15) is 76.3 Å². The van der Waals surface area contributed by atoms with E-state index < -0.39 is 5.41 Å². The molecule has 61 heavy (non-hydrogen) atoms. The van der Waals surface area contributed by atoms with E-state index in [-0.39, 0.29) is 10.8 Å². The van der Waals surface area contributed by atoms with Gasteiger partial charge in [-0.05, 0) is 141 Å². The lowest BCUT2D eigenvalue weighted by Gasteiger charge is -2.29. The zero-order valence-corrected chi connectivity index (χ0v) is 35.6. The monoisotopic (exact) mass is 787 g/mol. The Kier molecular flexibility index (Phi) is 6.59. The van der Waals surface area contributed by atoms with Crippen LogP contribution in [0.5, 0.6) is 0 Å². The van der Waals surface area contributed by atoms with Crippen molar-refractivity contribution in [3.05, 3.63) is 173 Å². The van der Waals surface area contributed by atoms with E-state index in [4.69, 9.17) is 8.83 Å². The quantitative estimate of drug-likeness (QED) is 0.166. The normalized spacial score (nSPS) is 15.9. The lowest BCUT2D eigenvalue weighted by atomic mass is 9.72. The van der Waals surface area contributed by atoms with Gasteiger partial charge in [-0.2, -0.15) is 0 Å². The van der Waals surface area contributed by atoms with E-state index in [1.807, 2.05) is 6.07 Å². The molecular weight excluding hydrogens is 743 g/mol. The van der Waals surface area contributed by atoms with Crippen LogP contribution in [-0.4, -0.2) is 4.57 Å². The summed E-state index contributed by atoms with van der Waals surface area (Å²) in [5.41, 5.74) is 20.3. The smallest absolute Gasteiger partial charge is 0.136 e. The molecule has 0 N–H and O–H groups in total. The molecule has 1 atom stereocenters. The van der Waals surface area contributed by atoms with Crippen molar-refractivity contribution in [1.82, 2.24) is 4.57 Å². The number of nitrogens with zero attached hydrogens (tertiary/aromatic N) is 1. The van der Waals surface area contributed by atoms with Gasteiger partial charge in [0.15, 0.2) is 0 Å². The summed E-state index contributed by atoms with van der Waals surface area (Å²) in [6.45, 7) is 16.4. The maximum absolute atomic E-state index is 6.89. The summed E-state index contributed by atoms with van der Waals surface area (Å²) in [6, 6.07) is 54.9. The lowest BCUT2D eigenvalue weighted by Crippen LogP contribution is -2.23. The molecule has 0 amide bonds. The molecule has 1 aliphatic carbocycles. The number of hydrogen-bond acceptors (Lipinski definition) is 2. The average Bonchev–Trinajstić information content (AvgIpc) is 3.98. The van der Waals surface area contributed by atoms with E-state index >= 15 is 0 Å². The third-order valence-corrected chi connectivity index (χ3v) is 14.3. The van der Waals surface area contributed by atoms with Crippen LogP contribution < -0.4 is 0 Å². The summed E-state index contributed by atoms with van der Waals surface area (Å²) < 4.78 is 16.1. The second kappa shape index (κ2) is 11.5. The molecule has 1 unspecified atom stereocenters. The molecule has 3 nitrogen and oxygen atoms in total. The predicted octanol–water partition coefficient (Wildman–Crippen LogP) is 16.2. The van der Waals surface area contributed by atoms with E-state index in [1.54, 1.807) is 0 Å². The molecule has 0 spiro atoms. The highest BCUT2D eigenvalue weighted by molar-refractivity contribution is 6.19. The topological polar surface area (TPSA) is 31.2 Å². The van der Waals surface area contributed by atoms with Crippen molar-refractivity contribution in [3.63, 3.8) is 0 Å². The van der Waals surface area contributed by atoms with Gasteiger partial charge in [0.2, 0.25) is 0 Å². The molecule has 6 bridgehead atoms. The maximum atomic E-state index is 6.89. The molecule has 0 fully saturated rings. The summed E-state index contributed by atoms with van der Waals surface area (Å²) in [5, 5.41) is 7.12. The van der Waals surface area contributed by atoms with Gasteiger partial charge in [0, 0.05) is 54.5 Å². The maximum Gasteiger partial charge on any atom is 0.136 e. The van der Waals surface area contributed by atoms with Crippen molar-refractivity contribution >= 4 is 65.7 Å². The van der Waals surface area contributed by atoms with E-state index in [2.05, 4.69) is 193 Å². The van der Waals surface area contributed by atoms with Crippen LogP contribution in [0.25, 0.3) is 105 Å². The second-order valence-corrected chi connectivity index (χ2v) is 19.9. The molecule has 0 saturated heterocycles. The van der Waals surface area contributed by atoms with Gasteiger partial charge < -0.3 is 13.4 Å². The lowest BCUT2D eigenvalue weighted by molar-refractivity contribution is 0.590. The van der Waals surface area contributed by atoms with Crippen molar-refractivity contribution in [2.24, 2.45) is 0 Å². The van der Waals surface area contributed by atoms with Gasteiger partial charge >= 0.3 is 0 Å². The van der Waals surface area contributed by atoms with E-state index in [0.717, 1.165) is 55.3 Å². The first-order chi connectivity index (χ1) is 29.4. The van der Waals surface area contributed by atoms with E-state index in [1.165, 1.54) is 77.3 Å². The molecule has 3 aromatic heterocycles. The van der Waals surface area contributed by atoms with Crippen LogP contribution >= 0.6 is 0 Å². The van der Waals surface area contributed by atoms with Crippen molar-refractivity contribution in [3.8, 4) is 39.1 Å². The predicted molar refractivity (Wildman–Crippen MR) is 255 cm³/mol. The van der Waals surface area contributed by atoms with Gasteiger partial charge in [0.05, 0.1) is 11.0 Å². The minimum atomic E-state index is -0.444. The fourth-order valence-electron chi connectivity index (χ4n) is 11.1. The fourth-order valence-corrected chi connectivity index (χ4v) is 11.1. The highest BCUT2D eigenvalue weighted by Crippen LogP contribution is 2.56. The molecule has 3 aliphatic rings. The molecule has 11 aromatic rings. The van der Waals surface area contributed by atoms with Crippen LogP contribution in [-0.2, 0) is 16.2 Å². The molecule has 8 aromatic carbocycles. The summed E-state index contributed by atoms with van der Waals surface area (Å²) in [6.07, 6.45) is 0. The number of aromatic nitrogens is 1. The van der Waals surface area contributed by atoms with Crippen molar-refractivity contribution < 1.29 is 8.83 Å². The standard InChI is InChI=1S/C58H45NO2/c1-56(2,3)34-27-42(32-19-22-40-39-14-9-11-17-49(39)60-51(40)25-32)54-44(29-34)45-30-35(57(4,5)6)28-43-33-20-23-41-52(26-33)61-50-18-12-16-47(53(41)50)58(7)46-15-10-8-13-37(46)38-24-21-36(31-48(38)58)59(54)55(43)45/h8-31H,1-7H3. The fraction of sp³-hybridized carbons (Fsp3) is 0.172. The Labute approximate surface area is 354 Å². The molecule has 14 rings (SSSR count). The first-order valence-corrected chi connectivity index (χ1v) is 21.7. The summed E-state index contributed by atoms with van der Waals surface area (Å²) in [7, 11) is 0. The third kappa shape index (κ3) is 4.59. The Balaban J connectivity index is 1.26. The Hall–Kier alpha value is -6.84. The van der Waals surface area contributed by atoms with Gasteiger partial charge in [-0.15, -0.1) is 0 Å². The number of benzene rings is 8. The molecule has 2 aliphatic heterocycles. The largest absolute Gasteiger partial charge is 0.456 e. The summed E-state index contributed by atoms with van der Waals surface area (Å²) in [5.74, 6) is 0. The Morgan fingerprint density at radius 1 is 0.410 bits per heavy atom. The van der Waals surface area contributed by atoms with E-state index in [0.29, 0.717) is 0 Å². The SMILES string of the molecule is CC(C)(C)c1cc(-c2ccc3c(c2)oc2ccccc23)c2c(c1)c1cc(C(C)(C)C)cc3c1n2-c1ccc2c(c1)C(C)(c1ccccc1-2)c1cccc2oc4cc-3ccc4c12. The molecule has 294 valence electrons. The molecular formula is C58H45NO2. The number of rotatable bonds is 1. The van der Waals surface area contributed by atoms with Crippen molar-refractivity contribution in [2.45, 2.75) is 64.7 Å². The van der Waals surface area contributed by atoms with Crippen LogP contribution in [0.15, 0.2) is 154 Å². The van der Waals surface area contributed by atoms with Crippen LogP contribution in [0.4, 0.5) is 0 Å². The zero-order valence-electron chi connectivity index (χ0n) is 35.6. The molecule has 0 saturated carbocycles. The van der Waals surface area contributed by atoms with Gasteiger partial charge in [-0.3, -0.25) is 0 Å². The summed E-state index contributed by atoms with van der Waals surface area (Å²) >= 11 is 0. The summed E-state index contributed by atoms with van der Waals surface area (Å²) in [4.78, 5) is 0. The third-order valence-electron chi connectivity index (χ3n) is 14.3. The highest BCUT2D eigenvalue weighted by atomic mass is 16.3. The van der Waals surface area contributed by atoms with E-state index in [9.17, 15) is 0 Å². The zero-order chi connectivity index (χ0) is 41.3. The second-order valence-electron chi connectivity index (χ2n) is 19.9. The molecule has 3 heteroatoms. The Morgan fingerprint density at radius 3 is 1.67 bits per heavy atom. The Bertz CT molecular complexity index is 3740. The number of hydrogen-bond donors (Lipinski definition) is 0. The first kappa shape index (κ1) is 35.0. The average molecular weight is 788 g/mol. The first-order valence-electron chi connectivity index (χ1n) is 21.7. The Morgan fingerprint density at radius 2 is 0.967 bits per heavy atom. The molecule has 0 radical (unpaired) electrons. The highest BCUT2D eigenvalue weighted by Gasteiger charge is 2.43. The van der Waals surface area contributed by atoms with Gasteiger partial charge in [0.25, 0.3) is 0 Å². The minimum absolute atomic E-state index is 0.101. The molecule has 5 heterocycles. The van der Waals surface area contributed by atoms with Gasteiger partial charge in [-0.1, -0.05) is 114 Å².